The molecule has 3 N–H and O–H groups in total. The van der Waals surface area contributed by atoms with Gasteiger partial charge < -0.3 is 20.5 Å². The molecule has 6 nitrogen and oxygen atoms in total. The molecule has 1 aliphatic heterocycles. The zero-order valence-corrected chi connectivity index (χ0v) is 22.2. The molecule has 1 fully saturated rings. The molecule has 1 aliphatic rings. The second-order valence-electron chi connectivity index (χ2n) is 9.43. The Morgan fingerprint density at radius 1 is 1.27 bits per heavy atom. The summed E-state index contributed by atoms with van der Waals surface area (Å²) in [6.45, 7) is 15.5. The number of aromatic nitrogens is 2. The summed E-state index contributed by atoms with van der Waals surface area (Å²) >= 11 is 0. The van der Waals surface area contributed by atoms with Gasteiger partial charge in [0.2, 0.25) is 0 Å². The number of halogens is 2. The fourth-order valence-electron chi connectivity index (χ4n) is 4.10. The van der Waals surface area contributed by atoms with Gasteiger partial charge in [-0.15, -0.1) is 0 Å². The molecule has 0 saturated carbocycles. The van der Waals surface area contributed by atoms with Crippen molar-refractivity contribution in [2.24, 2.45) is 4.99 Å². The van der Waals surface area contributed by atoms with Crippen LogP contribution in [0.5, 0.6) is 0 Å². The summed E-state index contributed by atoms with van der Waals surface area (Å²) in [6, 6.07) is 2.55. The van der Waals surface area contributed by atoms with Crippen LogP contribution < -0.4 is 10.6 Å². The van der Waals surface area contributed by atoms with Gasteiger partial charge >= 0.3 is 0 Å². The molecular formula is C29H38F2N6. The van der Waals surface area contributed by atoms with Crippen molar-refractivity contribution in [1.82, 2.24) is 25.5 Å². The number of hydrogen-bond donors (Lipinski definition) is 3. The van der Waals surface area contributed by atoms with E-state index in [1.807, 2.05) is 44.5 Å². The first-order valence-electron chi connectivity index (χ1n) is 12.6. The Hall–Kier alpha value is -3.52. The van der Waals surface area contributed by atoms with Crippen LogP contribution in [0.3, 0.4) is 0 Å². The molecule has 3 heterocycles. The van der Waals surface area contributed by atoms with E-state index >= 15 is 0 Å². The maximum absolute atomic E-state index is 12.4. The second kappa shape index (κ2) is 13.1. The molecule has 0 radical (unpaired) electrons. The van der Waals surface area contributed by atoms with Crippen LogP contribution in [0, 0.1) is 0 Å². The quantitative estimate of drug-likeness (QED) is 0.261. The van der Waals surface area contributed by atoms with E-state index in [0.29, 0.717) is 17.3 Å². The normalized spacial score (nSPS) is 16.7. The van der Waals surface area contributed by atoms with Gasteiger partial charge in [0.15, 0.2) is 0 Å². The topological polar surface area (TPSA) is 68.3 Å². The Bertz CT molecular complexity index is 1230. The summed E-state index contributed by atoms with van der Waals surface area (Å²) in [5.41, 5.74) is 6.66. The SMILES string of the molecule is C=C(NCC(F)F)/C(C)=C/N=C(C)/C=C\C(=C/C)c1c[nH]c2ncc(C(=C)NC3CCN(C)CC3)cc12. The number of H-pyrrole nitrogens is 1. The first-order chi connectivity index (χ1) is 17.7. The third kappa shape index (κ3) is 7.98. The van der Waals surface area contributed by atoms with Gasteiger partial charge in [0.05, 0.1) is 6.54 Å². The number of allylic oxidation sites excluding steroid dienone is 5. The molecule has 0 aromatic carbocycles. The number of alkyl halides is 2. The molecule has 0 aliphatic carbocycles. The highest BCUT2D eigenvalue weighted by Gasteiger charge is 2.17. The van der Waals surface area contributed by atoms with Crippen LogP contribution in [0.2, 0.25) is 0 Å². The van der Waals surface area contributed by atoms with Gasteiger partial charge in [-0.1, -0.05) is 25.3 Å². The van der Waals surface area contributed by atoms with E-state index in [2.05, 4.69) is 56.8 Å². The molecule has 0 atom stereocenters. The third-order valence-corrected chi connectivity index (χ3v) is 6.51. The van der Waals surface area contributed by atoms with Crippen LogP contribution in [-0.4, -0.2) is 59.7 Å². The highest BCUT2D eigenvalue weighted by atomic mass is 19.3. The van der Waals surface area contributed by atoms with Gasteiger partial charge in [0.25, 0.3) is 6.43 Å². The number of aromatic amines is 1. The van der Waals surface area contributed by atoms with E-state index in [0.717, 1.165) is 65.1 Å². The Kier molecular flexibility index (Phi) is 9.97. The summed E-state index contributed by atoms with van der Waals surface area (Å²) in [7, 11) is 2.16. The summed E-state index contributed by atoms with van der Waals surface area (Å²) in [6.07, 6.45) is 11.2. The lowest BCUT2D eigenvalue weighted by Crippen LogP contribution is -2.39. The Morgan fingerprint density at radius 3 is 2.68 bits per heavy atom. The monoisotopic (exact) mass is 508 g/mol. The number of nitrogens with one attached hydrogen (secondary N) is 3. The number of piperidine rings is 1. The Labute approximate surface area is 218 Å². The van der Waals surface area contributed by atoms with Crippen molar-refractivity contribution in [3.63, 3.8) is 0 Å². The first kappa shape index (κ1) is 28.1. The lowest BCUT2D eigenvalue weighted by molar-refractivity contribution is 0.150. The van der Waals surface area contributed by atoms with Crippen molar-refractivity contribution in [1.29, 1.82) is 0 Å². The number of nitrogens with zero attached hydrogens (tertiary/aromatic N) is 3. The molecule has 0 unspecified atom stereocenters. The number of fused-ring (bicyclic) bond motifs is 1. The van der Waals surface area contributed by atoms with Crippen molar-refractivity contribution in [3.05, 3.63) is 78.4 Å². The van der Waals surface area contributed by atoms with Crippen LogP contribution in [-0.2, 0) is 0 Å². The minimum absolute atomic E-state index is 0.427. The van der Waals surface area contributed by atoms with Crippen LogP contribution in [0.1, 0.15) is 44.7 Å². The summed E-state index contributed by atoms with van der Waals surface area (Å²) < 4.78 is 24.8. The van der Waals surface area contributed by atoms with E-state index < -0.39 is 13.0 Å². The number of hydrogen-bond acceptors (Lipinski definition) is 5. The number of aliphatic imine (C=N–C) groups is 1. The average molecular weight is 509 g/mol. The van der Waals surface area contributed by atoms with E-state index in [-0.39, 0.29) is 0 Å². The lowest BCUT2D eigenvalue weighted by Gasteiger charge is -2.30. The summed E-state index contributed by atoms with van der Waals surface area (Å²) in [5, 5.41) is 7.22. The first-order valence-corrected chi connectivity index (χ1v) is 12.6. The standard InChI is InChI=1S/C29H38F2N6/c1-7-23(9-8-20(3)32-15-19(2)21(4)33-18-28(30)31)27-17-35-29-26(27)14-24(16-34-29)22(5)36-25-10-12-37(6)13-11-25/h7-9,14-17,25,28,33,36H,4-5,10-13,18H2,1-3,6H3,(H,34,35)/b9-8-,19-15+,23-7+,32-20+. The molecule has 198 valence electrons. The molecule has 37 heavy (non-hydrogen) atoms. The van der Waals surface area contributed by atoms with Crippen LogP contribution >= 0.6 is 0 Å². The fraction of sp³-hybridized carbons (Fsp3) is 0.379. The van der Waals surface area contributed by atoms with Crippen molar-refractivity contribution in [2.75, 3.05) is 26.7 Å². The molecular weight excluding hydrogens is 470 g/mol. The minimum atomic E-state index is -2.43. The molecule has 1 saturated heterocycles. The minimum Gasteiger partial charge on any atom is -0.382 e. The van der Waals surface area contributed by atoms with Gasteiger partial charge in [-0.05, 0) is 77.0 Å². The average Bonchev–Trinajstić information content (AvgIpc) is 3.30. The Balaban J connectivity index is 1.72. The molecule has 0 amide bonds. The van der Waals surface area contributed by atoms with Gasteiger partial charge in [0, 0.05) is 58.3 Å². The Morgan fingerprint density at radius 2 is 2.00 bits per heavy atom. The van der Waals surface area contributed by atoms with Crippen molar-refractivity contribution < 1.29 is 8.78 Å². The van der Waals surface area contributed by atoms with E-state index in [4.69, 9.17) is 0 Å². The van der Waals surface area contributed by atoms with Gasteiger partial charge in [0.1, 0.15) is 5.65 Å². The number of likely N-dealkylation sites (tertiary alicyclic amines) is 1. The van der Waals surface area contributed by atoms with Crippen LogP contribution in [0.25, 0.3) is 22.3 Å². The lowest BCUT2D eigenvalue weighted by atomic mass is 10.0. The van der Waals surface area contributed by atoms with E-state index in [9.17, 15) is 8.78 Å². The zero-order chi connectivity index (χ0) is 26.9. The summed E-state index contributed by atoms with van der Waals surface area (Å²) in [4.78, 5) is 14.7. The smallest absolute Gasteiger partial charge is 0.255 e. The molecule has 0 bridgehead atoms. The van der Waals surface area contributed by atoms with Crippen molar-refractivity contribution in [3.8, 4) is 0 Å². The van der Waals surface area contributed by atoms with Gasteiger partial charge in [-0.2, -0.15) is 0 Å². The van der Waals surface area contributed by atoms with E-state index in [1.54, 1.807) is 13.1 Å². The molecule has 0 spiro atoms. The highest BCUT2D eigenvalue weighted by molar-refractivity contribution is 5.99. The molecule has 2 aromatic rings. The van der Waals surface area contributed by atoms with Crippen LogP contribution in [0.4, 0.5) is 8.78 Å². The number of rotatable bonds is 11. The van der Waals surface area contributed by atoms with Gasteiger partial charge in [-0.25, -0.2) is 13.8 Å². The zero-order valence-electron chi connectivity index (χ0n) is 22.2. The predicted octanol–water partition coefficient (Wildman–Crippen LogP) is 5.91. The van der Waals surface area contributed by atoms with E-state index in [1.165, 1.54) is 0 Å². The molecule has 2 aromatic heterocycles. The number of pyridine rings is 1. The predicted molar refractivity (Wildman–Crippen MR) is 152 cm³/mol. The largest absolute Gasteiger partial charge is 0.382 e. The summed E-state index contributed by atoms with van der Waals surface area (Å²) in [5.74, 6) is 0. The van der Waals surface area contributed by atoms with Crippen LogP contribution in [0.15, 0.2) is 72.3 Å². The van der Waals surface area contributed by atoms with Crippen molar-refractivity contribution in [2.45, 2.75) is 46.1 Å². The third-order valence-electron chi connectivity index (χ3n) is 6.51. The maximum Gasteiger partial charge on any atom is 0.255 e. The highest BCUT2D eigenvalue weighted by Crippen LogP contribution is 2.27. The molecule has 3 rings (SSSR count). The maximum atomic E-state index is 12.4. The molecule has 8 heteroatoms. The van der Waals surface area contributed by atoms with Gasteiger partial charge in [-0.3, -0.25) is 4.99 Å². The second-order valence-corrected chi connectivity index (χ2v) is 9.43. The fourth-order valence-corrected chi connectivity index (χ4v) is 4.10. The van der Waals surface area contributed by atoms with Crippen molar-refractivity contribution >= 4 is 28.0 Å².